The molecule has 1 aliphatic carbocycles. The fourth-order valence-electron chi connectivity index (χ4n) is 3.90. The second-order valence-corrected chi connectivity index (χ2v) is 7.42. The maximum Gasteiger partial charge on any atom is 0.256 e. The summed E-state index contributed by atoms with van der Waals surface area (Å²) in [6.07, 6.45) is 6.04. The standard InChI is InChI=1S/C20H28FN3O3/c1-27-20(9-11-22-12-10-20)19(26)23-15-7-8-16(21)17(13-15)24-18(25)14-5-3-2-4-6-14/h7-8,13-14,22H,2-6,9-12H2,1H3,(H,23,26)(H,24,25). The molecule has 1 saturated carbocycles. The molecule has 2 fully saturated rings. The van der Waals surface area contributed by atoms with Gasteiger partial charge in [0.1, 0.15) is 11.4 Å². The Balaban J connectivity index is 1.69. The number of carbonyl (C=O) groups excluding carboxylic acids is 2. The molecule has 3 rings (SSSR count). The topological polar surface area (TPSA) is 79.5 Å². The summed E-state index contributed by atoms with van der Waals surface area (Å²) in [6.45, 7) is 1.40. The van der Waals surface area contributed by atoms with Crippen LogP contribution in [-0.2, 0) is 14.3 Å². The lowest BCUT2D eigenvalue weighted by Crippen LogP contribution is -2.51. The summed E-state index contributed by atoms with van der Waals surface area (Å²) in [5, 5.41) is 8.71. The maximum absolute atomic E-state index is 14.2. The van der Waals surface area contributed by atoms with Crippen LogP contribution in [0.25, 0.3) is 0 Å². The predicted octanol–water partition coefficient (Wildman–Crippen LogP) is 3.05. The van der Waals surface area contributed by atoms with Crippen LogP contribution in [0.3, 0.4) is 0 Å². The van der Waals surface area contributed by atoms with E-state index in [-0.39, 0.29) is 23.4 Å². The van der Waals surface area contributed by atoms with Crippen molar-refractivity contribution in [3.8, 4) is 0 Å². The molecule has 0 aromatic heterocycles. The van der Waals surface area contributed by atoms with Crippen molar-refractivity contribution in [1.29, 1.82) is 0 Å². The molecule has 0 unspecified atom stereocenters. The van der Waals surface area contributed by atoms with Gasteiger partial charge >= 0.3 is 0 Å². The Bertz CT molecular complexity index is 683. The van der Waals surface area contributed by atoms with Crippen LogP contribution in [-0.4, -0.2) is 37.6 Å². The summed E-state index contributed by atoms with van der Waals surface area (Å²) in [4.78, 5) is 25.1. The number of anilines is 2. The number of carbonyl (C=O) groups is 2. The van der Waals surface area contributed by atoms with Gasteiger partial charge in [0.05, 0.1) is 5.69 Å². The fraction of sp³-hybridized carbons (Fsp3) is 0.600. The molecule has 148 valence electrons. The van der Waals surface area contributed by atoms with Gasteiger partial charge in [0.25, 0.3) is 5.91 Å². The van der Waals surface area contributed by atoms with Crippen molar-refractivity contribution in [3.63, 3.8) is 0 Å². The smallest absolute Gasteiger partial charge is 0.256 e. The van der Waals surface area contributed by atoms with E-state index in [0.717, 1.165) is 32.1 Å². The van der Waals surface area contributed by atoms with Crippen LogP contribution in [0.2, 0.25) is 0 Å². The van der Waals surface area contributed by atoms with Crippen LogP contribution < -0.4 is 16.0 Å². The van der Waals surface area contributed by atoms with Crippen molar-refractivity contribution >= 4 is 23.2 Å². The quantitative estimate of drug-likeness (QED) is 0.737. The van der Waals surface area contributed by atoms with Crippen molar-refractivity contribution in [2.75, 3.05) is 30.8 Å². The van der Waals surface area contributed by atoms with E-state index >= 15 is 0 Å². The predicted molar refractivity (Wildman–Crippen MR) is 102 cm³/mol. The second kappa shape index (κ2) is 8.80. The fourth-order valence-corrected chi connectivity index (χ4v) is 3.90. The van der Waals surface area contributed by atoms with Crippen LogP contribution in [0.15, 0.2) is 18.2 Å². The van der Waals surface area contributed by atoms with Gasteiger partial charge in [-0.15, -0.1) is 0 Å². The summed E-state index contributed by atoms with van der Waals surface area (Å²) < 4.78 is 19.7. The van der Waals surface area contributed by atoms with Crippen LogP contribution in [0, 0.1) is 11.7 Å². The minimum absolute atomic E-state index is 0.0668. The SMILES string of the molecule is COC1(C(=O)Nc2ccc(F)c(NC(=O)C3CCCCC3)c2)CCNCC1. The van der Waals surface area contributed by atoms with Gasteiger partial charge in [0.2, 0.25) is 5.91 Å². The minimum atomic E-state index is -0.884. The Kier molecular flexibility index (Phi) is 6.44. The average molecular weight is 377 g/mol. The zero-order valence-electron chi connectivity index (χ0n) is 15.8. The Hall–Kier alpha value is -1.99. The molecular weight excluding hydrogens is 349 g/mol. The highest BCUT2D eigenvalue weighted by Gasteiger charge is 2.39. The lowest BCUT2D eigenvalue weighted by atomic mass is 9.88. The van der Waals surface area contributed by atoms with Crippen LogP contribution >= 0.6 is 0 Å². The first kappa shape index (κ1) is 19.8. The zero-order chi connectivity index (χ0) is 19.3. The molecule has 1 aliphatic heterocycles. The molecule has 1 aromatic rings. The molecule has 2 amide bonds. The molecule has 0 atom stereocenters. The summed E-state index contributed by atoms with van der Waals surface area (Å²) in [5.41, 5.74) is -0.346. The number of methoxy groups -OCH3 is 1. The highest BCUT2D eigenvalue weighted by Crippen LogP contribution is 2.28. The van der Waals surface area contributed by atoms with E-state index < -0.39 is 11.4 Å². The molecule has 1 saturated heterocycles. The first-order valence-electron chi connectivity index (χ1n) is 9.72. The van der Waals surface area contributed by atoms with E-state index in [0.29, 0.717) is 31.6 Å². The molecule has 0 spiro atoms. The van der Waals surface area contributed by atoms with E-state index in [2.05, 4.69) is 16.0 Å². The van der Waals surface area contributed by atoms with E-state index in [9.17, 15) is 14.0 Å². The molecular formula is C20H28FN3O3. The van der Waals surface area contributed by atoms with Crippen LogP contribution in [0.1, 0.15) is 44.9 Å². The zero-order valence-corrected chi connectivity index (χ0v) is 15.8. The summed E-state index contributed by atoms with van der Waals surface area (Å²) in [5.74, 6) is -0.977. The molecule has 1 heterocycles. The minimum Gasteiger partial charge on any atom is -0.368 e. The highest BCUT2D eigenvalue weighted by molar-refractivity contribution is 5.99. The Morgan fingerprint density at radius 3 is 2.52 bits per heavy atom. The Morgan fingerprint density at radius 1 is 1.15 bits per heavy atom. The van der Waals surface area contributed by atoms with Gasteiger partial charge in [-0.05, 0) is 57.0 Å². The Labute approximate surface area is 159 Å². The van der Waals surface area contributed by atoms with Gasteiger partial charge in [-0.25, -0.2) is 4.39 Å². The second-order valence-electron chi connectivity index (χ2n) is 7.42. The number of nitrogens with one attached hydrogen (secondary N) is 3. The molecule has 3 N–H and O–H groups in total. The van der Waals surface area contributed by atoms with Gasteiger partial charge < -0.3 is 20.7 Å². The lowest BCUT2D eigenvalue weighted by molar-refractivity contribution is -0.140. The van der Waals surface area contributed by atoms with E-state index in [1.807, 2.05) is 0 Å². The number of halogens is 1. The third-order valence-electron chi connectivity index (χ3n) is 5.67. The number of benzene rings is 1. The van der Waals surface area contributed by atoms with E-state index in [1.54, 1.807) is 0 Å². The third-order valence-corrected chi connectivity index (χ3v) is 5.67. The summed E-state index contributed by atoms with van der Waals surface area (Å²) in [6, 6.07) is 4.22. The number of rotatable bonds is 5. The van der Waals surface area contributed by atoms with Gasteiger partial charge in [-0.1, -0.05) is 19.3 Å². The van der Waals surface area contributed by atoms with Gasteiger partial charge in [-0.3, -0.25) is 9.59 Å². The van der Waals surface area contributed by atoms with Crippen molar-refractivity contribution in [1.82, 2.24) is 5.32 Å². The molecule has 0 bridgehead atoms. The van der Waals surface area contributed by atoms with Gasteiger partial charge in [-0.2, -0.15) is 0 Å². The number of ether oxygens (including phenoxy) is 1. The lowest BCUT2D eigenvalue weighted by Gasteiger charge is -2.34. The van der Waals surface area contributed by atoms with Crippen LogP contribution in [0.5, 0.6) is 0 Å². The molecule has 2 aliphatic rings. The van der Waals surface area contributed by atoms with Gasteiger partial charge in [0, 0.05) is 18.7 Å². The molecule has 0 radical (unpaired) electrons. The van der Waals surface area contributed by atoms with E-state index in [4.69, 9.17) is 4.74 Å². The van der Waals surface area contributed by atoms with Crippen LogP contribution in [0.4, 0.5) is 15.8 Å². The maximum atomic E-state index is 14.2. The highest BCUT2D eigenvalue weighted by atomic mass is 19.1. The number of piperidine rings is 1. The monoisotopic (exact) mass is 377 g/mol. The first-order valence-corrected chi connectivity index (χ1v) is 9.72. The third kappa shape index (κ3) is 4.65. The largest absolute Gasteiger partial charge is 0.368 e. The number of amides is 2. The molecule has 7 heteroatoms. The van der Waals surface area contributed by atoms with Crippen molar-refractivity contribution in [3.05, 3.63) is 24.0 Å². The first-order chi connectivity index (χ1) is 13.0. The Morgan fingerprint density at radius 2 is 1.85 bits per heavy atom. The summed E-state index contributed by atoms with van der Waals surface area (Å²) >= 11 is 0. The van der Waals surface area contributed by atoms with Crippen molar-refractivity contribution in [2.24, 2.45) is 5.92 Å². The van der Waals surface area contributed by atoms with Crippen molar-refractivity contribution < 1.29 is 18.7 Å². The molecule has 6 nitrogen and oxygen atoms in total. The average Bonchev–Trinajstić information content (AvgIpc) is 2.71. The summed E-state index contributed by atoms with van der Waals surface area (Å²) in [7, 11) is 1.53. The molecule has 1 aromatic carbocycles. The van der Waals surface area contributed by atoms with Gasteiger partial charge in [0.15, 0.2) is 0 Å². The molecule has 27 heavy (non-hydrogen) atoms. The number of hydrogen-bond donors (Lipinski definition) is 3. The normalized spacial score (nSPS) is 20.1. The van der Waals surface area contributed by atoms with Crippen molar-refractivity contribution in [2.45, 2.75) is 50.5 Å². The number of hydrogen-bond acceptors (Lipinski definition) is 4. The van der Waals surface area contributed by atoms with E-state index in [1.165, 1.54) is 25.3 Å².